The van der Waals surface area contributed by atoms with Crippen molar-refractivity contribution in [1.82, 2.24) is 0 Å². The maximum atomic E-state index is 14.3. The van der Waals surface area contributed by atoms with Gasteiger partial charge in [0.05, 0.1) is 17.7 Å². The normalized spacial score (nSPS) is 18.9. The first-order valence-corrected chi connectivity index (χ1v) is 9.30. The van der Waals surface area contributed by atoms with Crippen molar-refractivity contribution in [1.29, 1.82) is 5.26 Å². The average Bonchev–Trinajstić information content (AvgIpc) is 2.67. The van der Waals surface area contributed by atoms with Gasteiger partial charge in [0.15, 0.2) is 0 Å². The number of benzene rings is 2. The molecule has 0 aromatic heterocycles. The van der Waals surface area contributed by atoms with Gasteiger partial charge in [-0.3, -0.25) is 0 Å². The van der Waals surface area contributed by atoms with Crippen LogP contribution in [-0.2, 0) is 0 Å². The minimum Gasteiger partial charge on any atom is -0.493 e. The van der Waals surface area contributed by atoms with Gasteiger partial charge in [0, 0.05) is 12.1 Å². The average molecular weight is 385 g/mol. The van der Waals surface area contributed by atoms with Crippen LogP contribution in [0.1, 0.15) is 48.5 Å². The third kappa shape index (κ3) is 4.86. The summed E-state index contributed by atoms with van der Waals surface area (Å²) in [4.78, 5) is 12.2. The molecule has 0 heterocycles. The Morgan fingerprint density at radius 2 is 1.75 bits per heavy atom. The molecule has 3 rings (SSSR count). The summed E-state index contributed by atoms with van der Waals surface area (Å²) in [7, 11) is 0. The number of esters is 1. The van der Waals surface area contributed by atoms with Crippen LogP contribution in [0.25, 0.3) is 0 Å². The summed E-state index contributed by atoms with van der Waals surface area (Å²) < 4.78 is 38.6. The van der Waals surface area contributed by atoms with E-state index in [9.17, 15) is 13.6 Å². The van der Waals surface area contributed by atoms with Crippen LogP contribution in [0.2, 0.25) is 0 Å². The van der Waals surface area contributed by atoms with E-state index in [1.807, 2.05) is 0 Å². The molecule has 6 heteroatoms. The molecule has 0 radical (unpaired) electrons. The molecule has 2 aromatic rings. The highest BCUT2D eigenvalue weighted by Crippen LogP contribution is 2.29. The number of halogens is 2. The number of nitrogens with zero attached hydrogens (tertiary/aromatic N) is 1. The van der Waals surface area contributed by atoms with E-state index in [1.54, 1.807) is 6.07 Å². The zero-order chi connectivity index (χ0) is 20.1. The largest absolute Gasteiger partial charge is 0.493 e. The Morgan fingerprint density at radius 1 is 1.07 bits per heavy atom. The molecule has 0 spiro atoms. The highest BCUT2D eigenvalue weighted by atomic mass is 19.1. The summed E-state index contributed by atoms with van der Waals surface area (Å²) in [5.74, 6) is -1.05. The summed E-state index contributed by atoms with van der Waals surface area (Å²) in [6, 6.07) is 9.01. The van der Waals surface area contributed by atoms with Crippen molar-refractivity contribution in [3.8, 4) is 17.6 Å². The lowest BCUT2D eigenvalue weighted by Crippen LogP contribution is -2.19. The molecule has 1 aliphatic carbocycles. The van der Waals surface area contributed by atoms with Gasteiger partial charge in [-0.2, -0.15) is 5.26 Å². The van der Waals surface area contributed by atoms with Crippen molar-refractivity contribution in [2.24, 2.45) is 11.8 Å². The summed E-state index contributed by atoms with van der Waals surface area (Å²) in [6.07, 6.45) is 4.58. The Bertz CT molecular complexity index is 899. The fourth-order valence-electron chi connectivity index (χ4n) is 3.27. The first-order chi connectivity index (χ1) is 13.5. The molecule has 0 amide bonds. The first kappa shape index (κ1) is 19.8. The van der Waals surface area contributed by atoms with E-state index in [0.717, 1.165) is 30.9 Å². The van der Waals surface area contributed by atoms with E-state index >= 15 is 0 Å². The van der Waals surface area contributed by atoms with Crippen LogP contribution in [0.5, 0.6) is 11.5 Å². The summed E-state index contributed by atoms with van der Waals surface area (Å²) in [6.45, 7) is 2.77. The molecular formula is C22H21F2NO3. The van der Waals surface area contributed by atoms with E-state index in [2.05, 4.69) is 6.92 Å². The van der Waals surface area contributed by atoms with Gasteiger partial charge in [0.1, 0.15) is 29.2 Å². The van der Waals surface area contributed by atoms with Gasteiger partial charge < -0.3 is 9.47 Å². The van der Waals surface area contributed by atoms with Crippen molar-refractivity contribution in [3.05, 3.63) is 59.2 Å². The highest BCUT2D eigenvalue weighted by Gasteiger charge is 2.20. The first-order valence-electron chi connectivity index (χ1n) is 9.30. The standard InChI is InChI=1S/C22H21F2NO3/c1-14-2-4-15(5-3-14)13-27-17-8-9-19(21(24)10-17)22(26)28-18-7-6-16(12-25)20(23)11-18/h6-11,14-15H,2-5,13H2,1H3/t14-,15-. The molecule has 28 heavy (non-hydrogen) atoms. The van der Waals surface area contributed by atoms with E-state index < -0.39 is 17.6 Å². The zero-order valence-electron chi connectivity index (χ0n) is 15.6. The predicted octanol–water partition coefficient (Wildman–Crippen LogP) is 5.26. The second-order valence-electron chi connectivity index (χ2n) is 7.22. The van der Waals surface area contributed by atoms with Crippen molar-refractivity contribution in [3.63, 3.8) is 0 Å². The van der Waals surface area contributed by atoms with Crippen LogP contribution >= 0.6 is 0 Å². The highest BCUT2D eigenvalue weighted by molar-refractivity contribution is 5.91. The number of nitriles is 1. The lowest BCUT2D eigenvalue weighted by Gasteiger charge is -2.26. The lowest BCUT2D eigenvalue weighted by atomic mass is 9.83. The molecule has 1 fully saturated rings. The molecule has 1 saturated carbocycles. The Morgan fingerprint density at radius 3 is 2.39 bits per heavy atom. The van der Waals surface area contributed by atoms with Crippen LogP contribution in [0.15, 0.2) is 36.4 Å². The van der Waals surface area contributed by atoms with Crippen molar-refractivity contribution >= 4 is 5.97 Å². The second-order valence-corrected chi connectivity index (χ2v) is 7.22. The maximum Gasteiger partial charge on any atom is 0.346 e. The number of carbonyl (C=O) groups excluding carboxylic acids is 1. The quantitative estimate of drug-likeness (QED) is 0.520. The van der Waals surface area contributed by atoms with E-state index in [1.165, 1.54) is 37.1 Å². The number of rotatable bonds is 5. The van der Waals surface area contributed by atoms with Crippen LogP contribution in [0, 0.1) is 34.8 Å². The van der Waals surface area contributed by atoms with E-state index in [-0.39, 0.29) is 16.9 Å². The van der Waals surface area contributed by atoms with Crippen LogP contribution in [0.4, 0.5) is 8.78 Å². The number of hydrogen-bond acceptors (Lipinski definition) is 4. The van der Waals surface area contributed by atoms with Crippen LogP contribution < -0.4 is 9.47 Å². The molecule has 2 aromatic carbocycles. The van der Waals surface area contributed by atoms with Gasteiger partial charge in [-0.25, -0.2) is 13.6 Å². The van der Waals surface area contributed by atoms with Crippen molar-refractivity contribution in [2.75, 3.05) is 6.61 Å². The molecule has 0 atom stereocenters. The summed E-state index contributed by atoms with van der Waals surface area (Å²) in [5, 5.41) is 8.71. The fraction of sp³-hybridized carbons (Fsp3) is 0.364. The Labute approximate surface area is 162 Å². The Balaban J connectivity index is 1.61. The molecule has 0 N–H and O–H groups in total. The maximum absolute atomic E-state index is 14.3. The third-order valence-electron chi connectivity index (χ3n) is 5.05. The monoisotopic (exact) mass is 385 g/mol. The smallest absolute Gasteiger partial charge is 0.346 e. The molecule has 146 valence electrons. The molecule has 4 nitrogen and oxygen atoms in total. The van der Waals surface area contributed by atoms with E-state index in [0.29, 0.717) is 18.3 Å². The molecule has 0 unspecified atom stereocenters. The minimum atomic E-state index is -0.950. The Kier molecular flexibility index (Phi) is 6.25. The van der Waals surface area contributed by atoms with Crippen LogP contribution in [-0.4, -0.2) is 12.6 Å². The van der Waals surface area contributed by atoms with Gasteiger partial charge in [-0.15, -0.1) is 0 Å². The van der Waals surface area contributed by atoms with Crippen molar-refractivity contribution in [2.45, 2.75) is 32.6 Å². The second kappa shape index (κ2) is 8.83. The zero-order valence-corrected chi connectivity index (χ0v) is 15.6. The summed E-state index contributed by atoms with van der Waals surface area (Å²) in [5.41, 5.74) is -0.441. The van der Waals surface area contributed by atoms with E-state index in [4.69, 9.17) is 14.7 Å². The van der Waals surface area contributed by atoms with Gasteiger partial charge in [0.25, 0.3) is 0 Å². The number of carbonyl (C=O) groups is 1. The molecule has 0 saturated heterocycles. The number of ether oxygens (including phenoxy) is 2. The van der Waals surface area contributed by atoms with Crippen LogP contribution in [0.3, 0.4) is 0 Å². The van der Waals surface area contributed by atoms with Gasteiger partial charge in [0.2, 0.25) is 0 Å². The molecular weight excluding hydrogens is 364 g/mol. The van der Waals surface area contributed by atoms with Gasteiger partial charge in [-0.1, -0.05) is 19.8 Å². The topological polar surface area (TPSA) is 59.3 Å². The molecule has 0 bridgehead atoms. The summed E-state index contributed by atoms with van der Waals surface area (Å²) >= 11 is 0. The third-order valence-corrected chi connectivity index (χ3v) is 5.05. The minimum absolute atomic E-state index is 0.104. The predicted molar refractivity (Wildman–Crippen MR) is 99.1 cm³/mol. The van der Waals surface area contributed by atoms with Crippen molar-refractivity contribution < 1.29 is 23.0 Å². The molecule has 1 aliphatic rings. The SMILES string of the molecule is C[C@H]1CC[C@H](COc2ccc(C(=O)Oc3ccc(C#N)c(F)c3)c(F)c2)CC1. The lowest BCUT2D eigenvalue weighted by molar-refractivity contribution is 0.0729. The van der Waals surface area contributed by atoms with Gasteiger partial charge >= 0.3 is 5.97 Å². The number of hydrogen-bond donors (Lipinski definition) is 0. The molecule has 0 aliphatic heterocycles. The van der Waals surface area contributed by atoms with Gasteiger partial charge in [-0.05, 0) is 48.9 Å². The fourth-order valence-corrected chi connectivity index (χ4v) is 3.27. The Hall–Kier alpha value is -2.94.